The number of nitrogens with zero attached hydrogens (tertiary/aromatic N) is 3. The summed E-state index contributed by atoms with van der Waals surface area (Å²) < 4.78 is 11.4. The molecule has 0 spiro atoms. The average molecular weight is 337 g/mol. The summed E-state index contributed by atoms with van der Waals surface area (Å²) in [7, 11) is 0. The van der Waals surface area contributed by atoms with Crippen molar-refractivity contribution in [3.05, 3.63) is 44.1 Å². The third-order valence-corrected chi connectivity index (χ3v) is 4.58. The van der Waals surface area contributed by atoms with Gasteiger partial charge in [0, 0.05) is 11.1 Å². The number of rotatable bonds is 5. The monoisotopic (exact) mass is 337 g/mol. The van der Waals surface area contributed by atoms with E-state index >= 15 is 0 Å². The van der Waals surface area contributed by atoms with Gasteiger partial charge in [-0.05, 0) is 18.4 Å². The van der Waals surface area contributed by atoms with Crippen LogP contribution < -0.4 is 4.87 Å². The molecule has 3 aromatic heterocycles. The molecular formula is C13H11N3O4S2. The van der Waals surface area contributed by atoms with Crippen molar-refractivity contribution >= 4 is 28.6 Å². The van der Waals surface area contributed by atoms with Crippen LogP contribution in [0.15, 0.2) is 32.2 Å². The molecule has 0 bridgehead atoms. The maximum atomic E-state index is 11.8. The minimum atomic E-state index is -0.528. The summed E-state index contributed by atoms with van der Waals surface area (Å²) in [6.07, 6.45) is 0. The van der Waals surface area contributed by atoms with E-state index in [9.17, 15) is 9.59 Å². The quantitative estimate of drug-likeness (QED) is 0.662. The summed E-state index contributed by atoms with van der Waals surface area (Å²) in [5.74, 6) is 0.150. The van der Waals surface area contributed by atoms with Crippen molar-refractivity contribution in [2.75, 3.05) is 0 Å². The molecule has 0 aliphatic rings. The third kappa shape index (κ3) is 3.15. The lowest BCUT2D eigenvalue weighted by Gasteiger charge is -2.03. The molecule has 0 aliphatic carbocycles. The maximum Gasteiger partial charge on any atom is 0.326 e. The molecule has 0 atom stereocenters. The zero-order valence-corrected chi connectivity index (χ0v) is 13.1. The van der Waals surface area contributed by atoms with E-state index in [1.54, 1.807) is 12.3 Å². The van der Waals surface area contributed by atoms with Gasteiger partial charge in [0.15, 0.2) is 6.61 Å². The fourth-order valence-corrected chi connectivity index (χ4v) is 3.12. The first-order chi connectivity index (χ1) is 10.6. The molecule has 0 fully saturated rings. The lowest BCUT2D eigenvalue weighted by Crippen LogP contribution is -2.22. The number of esters is 1. The lowest BCUT2D eigenvalue weighted by molar-refractivity contribution is -0.146. The Morgan fingerprint density at radius 2 is 2.32 bits per heavy atom. The molecule has 114 valence electrons. The van der Waals surface area contributed by atoms with E-state index in [-0.39, 0.29) is 23.9 Å². The normalized spacial score (nSPS) is 10.8. The van der Waals surface area contributed by atoms with E-state index in [2.05, 4.69) is 10.1 Å². The average Bonchev–Trinajstić information content (AvgIpc) is 3.22. The van der Waals surface area contributed by atoms with E-state index < -0.39 is 5.97 Å². The minimum absolute atomic E-state index is 0.116. The SMILES string of the molecule is Cc1csc(=O)n1CC(=O)OCc1nc(-c2cccs2)no1. The van der Waals surface area contributed by atoms with E-state index in [0.29, 0.717) is 5.82 Å². The Kier molecular flexibility index (Phi) is 4.16. The van der Waals surface area contributed by atoms with Gasteiger partial charge in [-0.1, -0.05) is 22.6 Å². The molecule has 0 saturated heterocycles. The largest absolute Gasteiger partial charge is 0.454 e. The van der Waals surface area contributed by atoms with E-state index in [1.165, 1.54) is 15.9 Å². The fourth-order valence-electron chi connectivity index (χ4n) is 1.73. The van der Waals surface area contributed by atoms with Gasteiger partial charge >= 0.3 is 10.8 Å². The Balaban J connectivity index is 1.59. The number of carbonyl (C=O) groups is 1. The molecule has 0 aliphatic heterocycles. The molecule has 0 unspecified atom stereocenters. The first kappa shape index (κ1) is 14.7. The van der Waals surface area contributed by atoms with Crippen LogP contribution in [-0.4, -0.2) is 20.7 Å². The van der Waals surface area contributed by atoms with Crippen LogP contribution in [0.5, 0.6) is 0 Å². The smallest absolute Gasteiger partial charge is 0.326 e. The predicted molar refractivity (Wildman–Crippen MR) is 80.7 cm³/mol. The number of aryl methyl sites for hydroxylation is 1. The van der Waals surface area contributed by atoms with Crippen molar-refractivity contribution in [2.45, 2.75) is 20.1 Å². The first-order valence-electron chi connectivity index (χ1n) is 6.30. The Labute approximate surface area is 132 Å². The predicted octanol–water partition coefficient (Wildman–Crippen LogP) is 2.07. The Morgan fingerprint density at radius 1 is 1.45 bits per heavy atom. The molecular weight excluding hydrogens is 326 g/mol. The van der Waals surface area contributed by atoms with Crippen molar-refractivity contribution in [1.82, 2.24) is 14.7 Å². The topological polar surface area (TPSA) is 87.2 Å². The second-order valence-corrected chi connectivity index (χ2v) is 6.15. The van der Waals surface area contributed by atoms with Gasteiger partial charge in [0.2, 0.25) is 5.82 Å². The highest BCUT2D eigenvalue weighted by Crippen LogP contribution is 2.21. The second-order valence-electron chi connectivity index (χ2n) is 4.38. The minimum Gasteiger partial charge on any atom is -0.454 e. The van der Waals surface area contributed by atoms with Crippen LogP contribution in [0, 0.1) is 6.92 Å². The van der Waals surface area contributed by atoms with Crippen molar-refractivity contribution in [2.24, 2.45) is 0 Å². The zero-order valence-electron chi connectivity index (χ0n) is 11.5. The summed E-state index contributed by atoms with van der Waals surface area (Å²) >= 11 is 2.54. The molecule has 0 aromatic carbocycles. The van der Waals surface area contributed by atoms with E-state index in [0.717, 1.165) is 21.9 Å². The highest BCUT2D eigenvalue weighted by atomic mass is 32.1. The fraction of sp³-hybridized carbons (Fsp3) is 0.231. The summed E-state index contributed by atoms with van der Waals surface area (Å²) in [4.78, 5) is 28.1. The molecule has 0 amide bonds. The number of ether oxygens (including phenoxy) is 1. The number of thiophene rings is 1. The lowest BCUT2D eigenvalue weighted by atomic mass is 10.4. The van der Waals surface area contributed by atoms with Crippen LogP contribution in [0.4, 0.5) is 0 Å². The van der Waals surface area contributed by atoms with Gasteiger partial charge < -0.3 is 9.26 Å². The zero-order chi connectivity index (χ0) is 15.5. The van der Waals surface area contributed by atoms with Gasteiger partial charge in [-0.2, -0.15) is 4.98 Å². The Bertz CT molecular complexity index is 832. The summed E-state index contributed by atoms with van der Waals surface area (Å²) in [5, 5.41) is 7.42. The number of thiazole rings is 1. The molecule has 0 saturated carbocycles. The summed E-state index contributed by atoms with van der Waals surface area (Å²) in [5.41, 5.74) is 0.727. The van der Waals surface area contributed by atoms with Crippen LogP contribution in [0.2, 0.25) is 0 Å². The molecule has 9 heteroatoms. The van der Waals surface area contributed by atoms with Crippen molar-refractivity contribution in [3.63, 3.8) is 0 Å². The number of aromatic nitrogens is 3. The standard InChI is InChI=1S/C13H11N3O4S2/c1-8-7-22-13(18)16(8)5-11(17)19-6-10-14-12(15-20-10)9-3-2-4-21-9/h2-4,7H,5-6H2,1H3. The van der Waals surface area contributed by atoms with Gasteiger partial charge in [0.05, 0.1) is 4.88 Å². The van der Waals surface area contributed by atoms with Crippen molar-refractivity contribution in [1.29, 1.82) is 0 Å². The molecule has 7 nitrogen and oxygen atoms in total. The van der Waals surface area contributed by atoms with E-state index in [4.69, 9.17) is 9.26 Å². The third-order valence-electron chi connectivity index (χ3n) is 2.83. The Hall–Kier alpha value is -2.26. The molecule has 22 heavy (non-hydrogen) atoms. The highest BCUT2D eigenvalue weighted by Gasteiger charge is 2.13. The van der Waals surface area contributed by atoms with Gasteiger partial charge in [0.1, 0.15) is 6.54 Å². The summed E-state index contributed by atoms with van der Waals surface area (Å²) in [6, 6.07) is 3.76. The van der Waals surface area contributed by atoms with Crippen LogP contribution in [-0.2, 0) is 22.7 Å². The second kappa shape index (κ2) is 6.24. The van der Waals surface area contributed by atoms with Crippen LogP contribution in [0.3, 0.4) is 0 Å². The summed E-state index contributed by atoms with van der Waals surface area (Å²) in [6.45, 7) is 1.52. The van der Waals surface area contributed by atoms with Crippen molar-refractivity contribution < 1.29 is 14.1 Å². The molecule has 3 rings (SSSR count). The molecule has 3 heterocycles. The number of hydrogen-bond acceptors (Lipinski definition) is 8. The molecule has 3 aromatic rings. The number of carbonyl (C=O) groups excluding carboxylic acids is 1. The van der Waals surface area contributed by atoms with Gasteiger partial charge in [0.25, 0.3) is 5.89 Å². The van der Waals surface area contributed by atoms with Gasteiger partial charge in [-0.15, -0.1) is 11.3 Å². The number of hydrogen-bond donors (Lipinski definition) is 0. The molecule has 0 N–H and O–H groups in total. The van der Waals surface area contributed by atoms with E-state index in [1.807, 2.05) is 17.5 Å². The van der Waals surface area contributed by atoms with Gasteiger partial charge in [-0.3, -0.25) is 14.2 Å². The van der Waals surface area contributed by atoms with Crippen LogP contribution >= 0.6 is 22.7 Å². The maximum absolute atomic E-state index is 11.8. The first-order valence-corrected chi connectivity index (χ1v) is 8.06. The molecule has 0 radical (unpaired) electrons. The van der Waals surface area contributed by atoms with Crippen LogP contribution in [0.25, 0.3) is 10.7 Å². The van der Waals surface area contributed by atoms with Gasteiger partial charge in [-0.25, -0.2) is 0 Å². The highest BCUT2D eigenvalue weighted by molar-refractivity contribution is 7.13. The Morgan fingerprint density at radius 3 is 3.00 bits per heavy atom. The van der Waals surface area contributed by atoms with Crippen molar-refractivity contribution in [3.8, 4) is 10.7 Å². The van der Waals surface area contributed by atoms with Crippen LogP contribution in [0.1, 0.15) is 11.6 Å².